The van der Waals surface area contributed by atoms with Crippen LogP contribution in [0, 0.1) is 10.1 Å². The summed E-state index contributed by atoms with van der Waals surface area (Å²) in [6.07, 6.45) is 0.821. The van der Waals surface area contributed by atoms with E-state index in [0.717, 1.165) is 29.4 Å². The standard InChI is InChI=1S/C22H28N4O5/c1-22(2,27)13-23-8-5-9-24-21-15-7-6-14(26(28)29)10-17(15)25-18-12-20(31-4)19(30-3)11-16(18)21/h6-7,10-12,23,27H,5,8-9,13H2,1-4H3,(H,24,25). The van der Waals surface area contributed by atoms with E-state index in [1.165, 1.54) is 12.1 Å². The highest BCUT2D eigenvalue weighted by Gasteiger charge is 2.16. The van der Waals surface area contributed by atoms with Gasteiger partial charge in [0, 0.05) is 42.1 Å². The van der Waals surface area contributed by atoms with Crippen LogP contribution in [0.25, 0.3) is 21.8 Å². The SMILES string of the molecule is COc1cc2nc3cc([N+](=O)[O-])ccc3c(NCCCNCC(C)(C)O)c2cc1OC. The van der Waals surface area contributed by atoms with Gasteiger partial charge in [-0.05, 0) is 38.9 Å². The Morgan fingerprint density at radius 3 is 2.39 bits per heavy atom. The van der Waals surface area contributed by atoms with Gasteiger partial charge in [-0.2, -0.15) is 0 Å². The molecule has 0 saturated heterocycles. The maximum atomic E-state index is 11.2. The molecule has 3 aromatic rings. The smallest absolute Gasteiger partial charge is 0.271 e. The summed E-state index contributed by atoms with van der Waals surface area (Å²) in [6, 6.07) is 8.29. The maximum absolute atomic E-state index is 11.2. The van der Waals surface area contributed by atoms with Gasteiger partial charge < -0.3 is 25.2 Å². The molecule has 0 fully saturated rings. The summed E-state index contributed by atoms with van der Waals surface area (Å²) >= 11 is 0. The first kappa shape index (κ1) is 22.5. The molecule has 0 aliphatic carbocycles. The van der Waals surface area contributed by atoms with E-state index in [1.807, 2.05) is 6.07 Å². The lowest BCUT2D eigenvalue weighted by atomic mass is 10.1. The van der Waals surface area contributed by atoms with Crippen LogP contribution in [0.1, 0.15) is 20.3 Å². The van der Waals surface area contributed by atoms with Crippen LogP contribution < -0.4 is 20.1 Å². The number of nitrogens with zero attached hydrogens (tertiary/aromatic N) is 2. The number of nitrogens with one attached hydrogen (secondary N) is 2. The van der Waals surface area contributed by atoms with E-state index in [-0.39, 0.29) is 5.69 Å². The third kappa shape index (κ3) is 5.31. The first-order valence-corrected chi connectivity index (χ1v) is 10.0. The van der Waals surface area contributed by atoms with Gasteiger partial charge in [0.1, 0.15) is 0 Å². The number of methoxy groups -OCH3 is 2. The fraction of sp³-hybridized carbons (Fsp3) is 0.409. The predicted octanol–water partition coefficient (Wildman–Crippen LogP) is 3.48. The molecule has 0 aliphatic heterocycles. The summed E-state index contributed by atoms with van der Waals surface area (Å²) in [7, 11) is 3.12. The molecule has 9 heteroatoms. The third-order valence-corrected chi connectivity index (χ3v) is 4.86. The summed E-state index contributed by atoms with van der Waals surface area (Å²) in [5.41, 5.74) is 1.24. The van der Waals surface area contributed by atoms with Gasteiger partial charge >= 0.3 is 0 Å². The predicted molar refractivity (Wildman–Crippen MR) is 121 cm³/mol. The number of hydrogen-bond acceptors (Lipinski definition) is 8. The van der Waals surface area contributed by atoms with Crippen LogP contribution in [0.15, 0.2) is 30.3 Å². The van der Waals surface area contributed by atoms with E-state index in [9.17, 15) is 15.2 Å². The van der Waals surface area contributed by atoms with E-state index in [4.69, 9.17) is 9.47 Å². The molecule has 0 bridgehead atoms. The second-order valence-corrected chi connectivity index (χ2v) is 7.94. The molecule has 1 heterocycles. The number of ether oxygens (including phenoxy) is 2. The minimum Gasteiger partial charge on any atom is -0.493 e. The van der Waals surface area contributed by atoms with Crippen LogP contribution in [-0.4, -0.2) is 54.5 Å². The Labute approximate surface area is 180 Å². The minimum absolute atomic E-state index is 0.0124. The number of non-ortho nitro benzene ring substituents is 1. The number of nitro groups is 1. The molecule has 3 N–H and O–H groups in total. The monoisotopic (exact) mass is 428 g/mol. The van der Waals surface area contributed by atoms with Crippen LogP contribution >= 0.6 is 0 Å². The Balaban J connectivity index is 1.97. The highest BCUT2D eigenvalue weighted by Crippen LogP contribution is 2.38. The molecule has 0 saturated carbocycles. The van der Waals surface area contributed by atoms with Gasteiger partial charge in [0.05, 0.1) is 41.5 Å². The summed E-state index contributed by atoms with van der Waals surface area (Å²) in [6.45, 7) is 5.43. The van der Waals surface area contributed by atoms with Crippen molar-refractivity contribution in [1.82, 2.24) is 10.3 Å². The van der Waals surface area contributed by atoms with Crippen LogP contribution in [0.4, 0.5) is 11.4 Å². The number of aliphatic hydroxyl groups is 1. The highest BCUT2D eigenvalue weighted by atomic mass is 16.6. The van der Waals surface area contributed by atoms with Crippen molar-refractivity contribution < 1.29 is 19.5 Å². The van der Waals surface area contributed by atoms with Crippen molar-refractivity contribution in [1.29, 1.82) is 0 Å². The Hall–Kier alpha value is -3.17. The van der Waals surface area contributed by atoms with Crippen molar-refractivity contribution in [3.05, 3.63) is 40.4 Å². The van der Waals surface area contributed by atoms with Crippen molar-refractivity contribution in [2.45, 2.75) is 25.9 Å². The maximum Gasteiger partial charge on any atom is 0.271 e. The molecule has 2 aromatic carbocycles. The number of aromatic nitrogens is 1. The zero-order chi connectivity index (χ0) is 22.6. The van der Waals surface area contributed by atoms with Crippen molar-refractivity contribution in [2.75, 3.05) is 39.2 Å². The van der Waals surface area contributed by atoms with E-state index >= 15 is 0 Å². The number of benzene rings is 2. The zero-order valence-electron chi connectivity index (χ0n) is 18.2. The molecule has 0 amide bonds. The number of anilines is 1. The topological polar surface area (TPSA) is 119 Å². The van der Waals surface area contributed by atoms with E-state index in [2.05, 4.69) is 15.6 Å². The Kier molecular flexibility index (Phi) is 6.77. The first-order valence-electron chi connectivity index (χ1n) is 10.0. The van der Waals surface area contributed by atoms with Crippen molar-refractivity contribution in [2.24, 2.45) is 0 Å². The Morgan fingerprint density at radius 2 is 1.74 bits per heavy atom. The normalized spacial score (nSPS) is 11.6. The van der Waals surface area contributed by atoms with Gasteiger partial charge in [-0.3, -0.25) is 10.1 Å². The number of hydrogen-bond donors (Lipinski definition) is 3. The number of rotatable bonds is 10. The molecule has 1 aromatic heterocycles. The highest BCUT2D eigenvalue weighted by molar-refractivity contribution is 6.08. The number of nitro benzene ring substituents is 1. The van der Waals surface area contributed by atoms with E-state index in [1.54, 1.807) is 40.2 Å². The quantitative estimate of drug-likeness (QED) is 0.194. The summed E-state index contributed by atoms with van der Waals surface area (Å²) < 4.78 is 10.8. The molecular formula is C22H28N4O5. The molecule has 0 aliphatic rings. The van der Waals surface area contributed by atoms with Gasteiger partial charge in [-0.25, -0.2) is 4.98 Å². The van der Waals surface area contributed by atoms with Gasteiger partial charge in [-0.15, -0.1) is 0 Å². The molecule has 0 unspecified atom stereocenters. The average molecular weight is 428 g/mol. The van der Waals surface area contributed by atoms with Crippen LogP contribution in [0.3, 0.4) is 0 Å². The average Bonchev–Trinajstić information content (AvgIpc) is 2.73. The van der Waals surface area contributed by atoms with Gasteiger partial charge in [0.2, 0.25) is 0 Å². The largest absolute Gasteiger partial charge is 0.493 e. The Bertz CT molecular complexity index is 1090. The van der Waals surface area contributed by atoms with Crippen LogP contribution in [0.5, 0.6) is 11.5 Å². The molecule has 166 valence electrons. The summed E-state index contributed by atoms with van der Waals surface area (Å²) in [5.74, 6) is 1.11. The number of pyridine rings is 1. The molecular weight excluding hydrogens is 400 g/mol. The second kappa shape index (κ2) is 9.32. The third-order valence-electron chi connectivity index (χ3n) is 4.86. The molecule has 9 nitrogen and oxygen atoms in total. The molecule has 3 rings (SSSR count). The summed E-state index contributed by atoms with van der Waals surface area (Å²) in [5, 5.41) is 29.3. The van der Waals surface area contributed by atoms with Crippen molar-refractivity contribution >= 4 is 33.2 Å². The van der Waals surface area contributed by atoms with Crippen molar-refractivity contribution in [3.63, 3.8) is 0 Å². The lowest BCUT2D eigenvalue weighted by Gasteiger charge is -2.18. The lowest BCUT2D eigenvalue weighted by molar-refractivity contribution is -0.384. The number of fused-ring (bicyclic) bond motifs is 2. The summed E-state index contributed by atoms with van der Waals surface area (Å²) in [4.78, 5) is 15.4. The van der Waals surface area contributed by atoms with Gasteiger partial charge in [-0.1, -0.05) is 0 Å². The van der Waals surface area contributed by atoms with Crippen molar-refractivity contribution in [3.8, 4) is 11.5 Å². The fourth-order valence-electron chi connectivity index (χ4n) is 3.38. The van der Waals surface area contributed by atoms with Gasteiger partial charge in [0.15, 0.2) is 11.5 Å². The first-order chi connectivity index (χ1) is 14.7. The molecule has 0 atom stereocenters. The van der Waals surface area contributed by atoms with Crippen LogP contribution in [0.2, 0.25) is 0 Å². The van der Waals surface area contributed by atoms with Crippen LogP contribution in [-0.2, 0) is 0 Å². The van der Waals surface area contributed by atoms with E-state index in [0.29, 0.717) is 35.6 Å². The second-order valence-electron chi connectivity index (χ2n) is 7.94. The molecule has 0 spiro atoms. The lowest BCUT2D eigenvalue weighted by Crippen LogP contribution is -2.35. The van der Waals surface area contributed by atoms with Gasteiger partial charge in [0.25, 0.3) is 5.69 Å². The molecule has 31 heavy (non-hydrogen) atoms. The Morgan fingerprint density at radius 1 is 1.06 bits per heavy atom. The van der Waals surface area contributed by atoms with E-state index < -0.39 is 10.5 Å². The fourth-order valence-corrected chi connectivity index (χ4v) is 3.38. The molecule has 0 radical (unpaired) electrons. The minimum atomic E-state index is -0.755. The zero-order valence-corrected chi connectivity index (χ0v) is 18.2.